The Morgan fingerprint density at radius 1 is 1.27 bits per heavy atom. The molecule has 6 rings (SSSR count). The second-order valence-corrected chi connectivity index (χ2v) is 13.0. The van der Waals surface area contributed by atoms with Gasteiger partial charge in [0.1, 0.15) is 12.4 Å². The summed E-state index contributed by atoms with van der Waals surface area (Å²) in [6.45, 7) is 5.81. The Balaban J connectivity index is 1.52. The fourth-order valence-electron chi connectivity index (χ4n) is 6.79. The van der Waals surface area contributed by atoms with Crippen molar-refractivity contribution in [3.8, 4) is 11.4 Å². The van der Waals surface area contributed by atoms with Crippen LogP contribution in [0.4, 0.5) is 4.39 Å². The van der Waals surface area contributed by atoms with E-state index < -0.39 is 28.8 Å². The molecular weight excluding hydrogens is 535 g/mol. The first-order valence-corrected chi connectivity index (χ1v) is 14.4. The summed E-state index contributed by atoms with van der Waals surface area (Å²) in [6.07, 6.45) is 0.282. The van der Waals surface area contributed by atoms with Crippen molar-refractivity contribution in [3.63, 3.8) is 0 Å². The summed E-state index contributed by atoms with van der Waals surface area (Å²) in [5.41, 5.74) is 16.9. The number of halogens is 1. The lowest BCUT2D eigenvalue weighted by atomic mass is 9.75. The van der Waals surface area contributed by atoms with Crippen LogP contribution in [0, 0.1) is 18.7 Å². The molecule has 11 heteroatoms. The van der Waals surface area contributed by atoms with E-state index in [0.29, 0.717) is 41.7 Å². The Kier molecular flexibility index (Phi) is 6.32. The number of amides is 1. The lowest BCUT2D eigenvalue weighted by Gasteiger charge is -2.38. The maximum atomic E-state index is 15.2. The van der Waals surface area contributed by atoms with Crippen molar-refractivity contribution in [2.24, 2.45) is 17.4 Å². The first kappa shape index (κ1) is 26.9. The summed E-state index contributed by atoms with van der Waals surface area (Å²) in [7, 11) is 0. The maximum Gasteiger partial charge on any atom is 0.340 e. The summed E-state index contributed by atoms with van der Waals surface area (Å²) < 4.78 is 21.2. The Morgan fingerprint density at radius 2 is 2.00 bits per heavy atom. The molecule has 1 aromatic carbocycles. The van der Waals surface area contributed by atoms with Crippen LogP contribution in [0.25, 0.3) is 22.3 Å². The number of cyclic esters (lactones) is 1. The van der Waals surface area contributed by atoms with Gasteiger partial charge in [0.2, 0.25) is 5.91 Å². The largest absolute Gasteiger partial charge is 0.458 e. The molecule has 4 heterocycles. The van der Waals surface area contributed by atoms with Gasteiger partial charge >= 0.3 is 5.97 Å². The normalized spacial score (nSPS) is 21.3. The van der Waals surface area contributed by atoms with Gasteiger partial charge in [0.15, 0.2) is 6.10 Å². The van der Waals surface area contributed by atoms with Crippen molar-refractivity contribution < 1.29 is 23.8 Å². The molecule has 5 N–H and O–H groups in total. The topological polar surface area (TPSA) is 151 Å². The third-order valence-corrected chi connectivity index (χ3v) is 10.2. The number of fused-ring (bicyclic) bond motifs is 5. The average Bonchev–Trinajstić information content (AvgIpc) is 3.28. The smallest absolute Gasteiger partial charge is 0.340 e. The third-order valence-electron chi connectivity index (χ3n) is 8.80. The fourth-order valence-corrected chi connectivity index (χ4v) is 8.10. The molecule has 3 aromatic rings. The van der Waals surface area contributed by atoms with Crippen molar-refractivity contribution in [2.75, 3.05) is 5.75 Å². The molecule has 1 aliphatic carbocycles. The predicted octanol–water partition coefficient (Wildman–Crippen LogP) is 2.39. The van der Waals surface area contributed by atoms with Crippen LogP contribution in [0.2, 0.25) is 0 Å². The predicted molar refractivity (Wildman–Crippen MR) is 149 cm³/mol. The van der Waals surface area contributed by atoms with E-state index in [1.165, 1.54) is 6.07 Å². The van der Waals surface area contributed by atoms with E-state index in [9.17, 15) is 19.5 Å². The maximum absolute atomic E-state index is 15.2. The van der Waals surface area contributed by atoms with Crippen LogP contribution in [0.15, 0.2) is 16.9 Å². The number of rotatable bonds is 6. The average molecular weight is 567 g/mol. The van der Waals surface area contributed by atoms with Crippen LogP contribution in [-0.4, -0.2) is 43.1 Å². The van der Waals surface area contributed by atoms with Gasteiger partial charge in [0.05, 0.1) is 35.1 Å². The minimum Gasteiger partial charge on any atom is -0.458 e. The molecular formula is C29H31FN4O5S. The van der Waals surface area contributed by atoms with E-state index in [-0.39, 0.29) is 41.6 Å². The van der Waals surface area contributed by atoms with Gasteiger partial charge in [0, 0.05) is 27.3 Å². The van der Waals surface area contributed by atoms with Crippen LogP contribution in [0.1, 0.15) is 59.8 Å². The highest BCUT2D eigenvalue weighted by molar-refractivity contribution is 8.00. The van der Waals surface area contributed by atoms with Gasteiger partial charge in [-0.25, -0.2) is 14.2 Å². The van der Waals surface area contributed by atoms with Gasteiger partial charge in [-0.2, -0.15) is 11.8 Å². The highest BCUT2D eigenvalue weighted by atomic mass is 32.2. The SMILES string of the molecule is CCSC(C)(CC1Cc2c(C)c(F)cc3nc4c(c(c23)C1)Cn1c-4cc2c(c1=O)COC(=O)[C@H]2O)[C@@H](N)C(N)=O. The number of pyridine rings is 2. The molecule has 9 nitrogen and oxygen atoms in total. The molecule has 3 aliphatic rings. The van der Waals surface area contributed by atoms with E-state index >= 15 is 4.39 Å². The molecule has 2 unspecified atom stereocenters. The van der Waals surface area contributed by atoms with Crippen molar-refractivity contribution in [1.82, 2.24) is 9.55 Å². The molecule has 2 aromatic heterocycles. The van der Waals surface area contributed by atoms with Gasteiger partial charge in [-0.1, -0.05) is 6.92 Å². The molecule has 0 radical (unpaired) electrons. The Bertz CT molecular complexity index is 1690. The fraction of sp³-hybridized carbons (Fsp3) is 0.448. The van der Waals surface area contributed by atoms with Gasteiger partial charge in [0.25, 0.3) is 5.56 Å². The number of ether oxygens (including phenoxy) is 1. The highest BCUT2D eigenvalue weighted by Gasteiger charge is 2.41. The molecule has 0 bridgehead atoms. The van der Waals surface area contributed by atoms with Crippen LogP contribution in [-0.2, 0) is 40.3 Å². The molecule has 0 fully saturated rings. The first-order chi connectivity index (χ1) is 18.9. The molecule has 0 saturated heterocycles. The van der Waals surface area contributed by atoms with Gasteiger partial charge in [-0.15, -0.1) is 0 Å². The summed E-state index contributed by atoms with van der Waals surface area (Å²) in [6, 6.07) is 2.22. The number of esters is 1. The second-order valence-electron chi connectivity index (χ2n) is 11.2. The van der Waals surface area contributed by atoms with Gasteiger partial charge in [-0.05, 0) is 67.5 Å². The van der Waals surface area contributed by atoms with Crippen LogP contribution in [0.3, 0.4) is 0 Å². The van der Waals surface area contributed by atoms with E-state index in [2.05, 4.69) is 0 Å². The Hall–Kier alpha value is -3.28. The summed E-state index contributed by atoms with van der Waals surface area (Å²) in [4.78, 5) is 42.5. The number of thioether (sulfide) groups is 1. The van der Waals surface area contributed by atoms with Crippen LogP contribution in [0.5, 0.6) is 0 Å². The summed E-state index contributed by atoms with van der Waals surface area (Å²) in [5.74, 6) is -0.926. The van der Waals surface area contributed by atoms with Crippen molar-refractivity contribution >= 4 is 34.5 Å². The lowest BCUT2D eigenvalue weighted by Crippen LogP contribution is -2.53. The number of aliphatic hydroxyl groups is 1. The number of aliphatic hydroxyl groups excluding tert-OH is 1. The van der Waals surface area contributed by atoms with Crippen LogP contribution < -0.4 is 17.0 Å². The first-order valence-electron chi connectivity index (χ1n) is 13.4. The monoisotopic (exact) mass is 566 g/mol. The number of carbonyl (C=O) groups is 2. The molecule has 4 atom stereocenters. The molecule has 0 saturated carbocycles. The number of primary amides is 1. The molecule has 1 amide bonds. The highest BCUT2D eigenvalue weighted by Crippen LogP contribution is 2.46. The number of hydrogen-bond donors (Lipinski definition) is 3. The van der Waals surface area contributed by atoms with E-state index in [1.807, 2.05) is 13.8 Å². The molecule has 0 spiro atoms. The van der Waals surface area contributed by atoms with E-state index in [0.717, 1.165) is 27.8 Å². The molecule has 40 heavy (non-hydrogen) atoms. The summed E-state index contributed by atoms with van der Waals surface area (Å²) in [5, 5.41) is 11.4. The van der Waals surface area contributed by atoms with E-state index in [1.54, 1.807) is 29.3 Å². The van der Waals surface area contributed by atoms with Gasteiger partial charge < -0.3 is 25.9 Å². The zero-order valence-electron chi connectivity index (χ0n) is 22.5. The number of nitrogens with two attached hydrogens (primary N) is 2. The van der Waals surface area contributed by atoms with Crippen molar-refractivity contribution in [3.05, 3.63) is 61.7 Å². The van der Waals surface area contributed by atoms with Crippen LogP contribution >= 0.6 is 11.8 Å². The molecule has 2 aliphatic heterocycles. The quantitative estimate of drug-likeness (QED) is 0.301. The molecule has 210 valence electrons. The van der Waals surface area contributed by atoms with E-state index in [4.69, 9.17) is 21.2 Å². The number of carbonyl (C=O) groups excluding carboxylic acids is 2. The Labute approximate surface area is 234 Å². The number of hydrogen-bond acceptors (Lipinski definition) is 8. The summed E-state index contributed by atoms with van der Waals surface area (Å²) >= 11 is 1.60. The minimum atomic E-state index is -1.55. The lowest BCUT2D eigenvalue weighted by molar-refractivity contribution is -0.157. The third kappa shape index (κ3) is 3.89. The zero-order chi connectivity index (χ0) is 28.7. The number of benzene rings is 1. The number of aromatic nitrogens is 2. The minimum absolute atomic E-state index is 0.0404. The number of nitrogens with zero attached hydrogens (tertiary/aromatic N) is 2. The van der Waals surface area contributed by atoms with Crippen molar-refractivity contribution in [1.29, 1.82) is 0 Å². The second kappa shape index (κ2) is 9.39. The van der Waals surface area contributed by atoms with Gasteiger partial charge in [-0.3, -0.25) is 9.59 Å². The van der Waals surface area contributed by atoms with Crippen molar-refractivity contribution in [2.45, 2.75) is 70.1 Å². The zero-order valence-corrected chi connectivity index (χ0v) is 23.4. The standard InChI is InChI=1S/C29H31FN4O5S/c1-4-40-29(3,25(31)26(32)36)9-13-5-14-12(2)19(30)8-20-22(14)15(6-13)17-10-34-21(23(17)33-20)7-16-18(27(34)37)11-39-28(38)24(16)35/h7-8,13,24-25,35H,4-6,9-11,31H2,1-3H3,(H2,32,36)/t13?,24-,25-,29?/m0/s1. The Morgan fingerprint density at radius 3 is 2.70 bits per heavy atom.